The third kappa shape index (κ3) is 4.99. The summed E-state index contributed by atoms with van der Waals surface area (Å²) in [6.07, 6.45) is -5.35. The molecule has 1 aromatic heterocycles. The zero-order chi connectivity index (χ0) is 29.6. The van der Waals surface area contributed by atoms with Crippen molar-refractivity contribution < 1.29 is 54.4 Å². The van der Waals surface area contributed by atoms with E-state index in [2.05, 4.69) is 4.98 Å². The number of aryl methyl sites for hydroxylation is 2. The number of pyridine rings is 1. The number of anilines is 1. The number of phenolic OH excluding ortho intramolecular Hbond substituents is 1. The predicted octanol–water partition coefficient (Wildman–Crippen LogP) is -0.563. The number of nitrogens with zero attached hydrogens (tertiary/aromatic N) is 1. The van der Waals surface area contributed by atoms with Crippen molar-refractivity contribution in [3.63, 3.8) is 0 Å². The number of nitrogen functional groups attached to an aromatic ring is 1. The molecule has 13 heteroatoms. The minimum absolute atomic E-state index is 0.0331. The van der Waals surface area contributed by atoms with Gasteiger partial charge in [-0.15, -0.1) is 0 Å². The van der Waals surface area contributed by atoms with Crippen molar-refractivity contribution in [1.29, 1.82) is 0 Å². The van der Waals surface area contributed by atoms with Gasteiger partial charge in [-0.2, -0.15) is 0 Å². The first kappa shape index (κ1) is 28.4. The highest BCUT2D eigenvalue weighted by Crippen LogP contribution is 2.41. The molecule has 8 N–H and O–H groups in total. The lowest BCUT2D eigenvalue weighted by molar-refractivity contribution is -0.384. The monoisotopic (exact) mass is 568 g/mol. The average Bonchev–Trinajstić information content (AvgIpc) is 2.96. The number of benzene rings is 2. The molecule has 13 nitrogen and oxygen atoms in total. The van der Waals surface area contributed by atoms with Crippen LogP contribution < -0.4 is 15.2 Å². The van der Waals surface area contributed by atoms with Crippen molar-refractivity contribution in [3.05, 3.63) is 76.0 Å². The Hall–Kier alpha value is -4.11. The van der Waals surface area contributed by atoms with Crippen LogP contribution in [0, 0.1) is 0 Å². The van der Waals surface area contributed by atoms with Crippen molar-refractivity contribution >= 4 is 17.4 Å². The summed E-state index contributed by atoms with van der Waals surface area (Å²) in [6.45, 7) is -1.16. The van der Waals surface area contributed by atoms with E-state index in [-0.39, 0.29) is 33.8 Å². The van der Waals surface area contributed by atoms with E-state index in [0.29, 0.717) is 24.2 Å². The highest BCUT2D eigenvalue weighted by molar-refractivity contribution is 6.30. The molecule has 3 aromatic rings. The Labute approximate surface area is 233 Å². The first-order valence-corrected chi connectivity index (χ1v) is 12.6. The number of aliphatic hydroxyl groups excluding tert-OH is 4. The zero-order valence-electron chi connectivity index (χ0n) is 21.7. The van der Waals surface area contributed by atoms with Crippen LogP contribution in [-0.2, 0) is 17.6 Å². The van der Waals surface area contributed by atoms with Gasteiger partial charge in [-0.25, -0.2) is 4.98 Å². The smallest absolute Gasteiger partial charge is 0.231 e. The number of aromatic nitrogens is 1. The van der Waals surface area contributed by atoms with E-state index in [1.165, 1.54) is 31.4 Å². The molecule has 2 aliphatic rings. The number of methoxy groups -OCH3 is 1. The van der Waals surface area contributed by atoms with Gasteiger partial charge in [0.2, 0.25) is 17.9 Å². The highest BCUT2D eigenvalue weighted by atomic mass is 16.8. The van der Waals surface area contributed by atoms with E-state index in [1.54, 1.807) is 12.3 Å². The van der Waals surface area contributed by atoms with Gasteiger partial charge in [0, 0.05) is 23.4 Å². The quantitative estimate of drug-likeness (QED) is 0.149. The van der Waals surface area contributed by atoms with Crippen molar-refractivity contribution in [2.24, 2.45) is 0 Å². The topological polar surface area (TPSA) is 222 Å². The number of hydrogen-bond donors (Lipinski definition) is 7. The number of aromatic hydroxyl groups is 1. The van der Waals surface area contributed by atoms with Crippen LogP contribution in [0.1, 0.15) is 43.0 Å². The standard InChI is InChI=1S/C28H28N2O11/c1-39-14-8-16-21(18(9-14)40-27-25(36)24(35)26(37)28(38,11-31)41-27)23(34)20-15(22(16)33)6-13(7-17(20)32)3-2-12-4-5-19(29)30-10-12/h4-10,24-27,31-32,35-38H,2-3,11H2,1H3,(H2,29,30). The second kappa shape index (κ2) is 10.7. The number of ether oxygens (including phenoxy) is 3. The number of fused-ring (bicyclic) bond motifs is 2. The van der Waals surface area contributed by atoms with Crippen LogP contribution in [0.5, 0.6) is 17.2 Å². The van der Waals surface area contributed by atoms with Crippen LogP contribution in [0.25, 0.3) is 0 Å². The molecule has 41 heavy (non-hydrogen) atoms. The summed E-state index contributed by atoms with van der Waals surface area (Å²) in [4.78, 5) is 31.4. The Balaban J connectivity index is 1.51. The molecular weight excluding hydrogens is 540 g/mol. The molecule has 5 rings (SSSR count). The van der Waals surface area contributed by atoms with Gasteiger partial charge in [0.25, 0.3) is 0 Å². The van der Waals surface area contributed by atoms with Gasteiger partial charge < -0.3 is 50.6 Å². The van der Waals surface area contributed by atoms with Gasteiger partial charge in [0.05, 0.1) is 24.8 Å². The van der Waals surface area contributed by atoms with Crippen LogP contribution in [-0.4, -0.2) is 91.3 Å². The molecule has 2 heterocycles. The Morgan fingerprint density at radius 3 is 2.34 bits per heavy atom. The molecule has 0 spiro atoms. The van der Waals surface area contributed by atoms with E-state index in [1.807, 2.05) is 6.07 Å². The fourth-order valence-electron chi connectivity index (χ4n) is 4.91. The summed E-state index contributed by atoms with van der Waals surface area (Å²) in [5.41, 5.74) is 6.39. The van der Waals surface area contributed by atoms with Crippen LogP contribution in [0.15, 0.2) is 42.6 Å². The van der Waals surface area contributed by atoms with Gasteiger partial charge in [0.1, 0.15) is 41.4 Å². The average molecular weight is 569 g/mol. The first-order valence-electron chi connectivity index (χ1n) is 12.6. The van der Waals surface area contributed by atoms with E-state index < -0.39 is 54.3 Å². The third-order valence-corrected chi connectivity index (χ3v) is 7.19. The lowest BCUT2D eigenvalue weighted by atomic mass is 9.81. The van der Waals surface area contributed by atoms with Gasteiger partial charge >= 0.3 is 0 Å². The summed E-state index contributed by atoms with van der Waals surface area (Å²) >= 11 is 0. The van der Waals surface area contributed by atoms with Crippen LogP contribution in [0.3, 0.4) is 0 Å². The zero-order valence-corrected chi connectivity index (χ0v) is 21.7. The largest absolute Gasteiger partial charge is 0.507 e. The summed E-state index contributed by atoms with van der Waals surface area (Å²) in [6, 6.07) is 8.92. The third-order valence-electron chi connectivity index (χ3n) is 7.19. The second-order valence-electron chi connectivity index (χ2n) is 9.87. The summed E-state index contributed by atoms with van der Waals surface area (Å²) < 4.78 is 16.1. The van der Waals surface area contributed by atoms with E-state index >= 15 is 0 Å². The van der Waals surface area contributed by atoms with Crippen LogP contribution >= 0.6 is 0 Å². The maximum Gasteiger partial charge on any atom is 0.231 e. The predicted molar refractivity (Wildman–Crippen MR) is 140 cm³/mol. The number of rotatable bonds is 7. The maximum atomic E-state index is 13.7. The van der Waals surface area contributed by atoms with E-state index in [9.17, 15) is 40.2 Å². The molecule has 0 radical (unpaired) electrons. The van der Waals surface area contributed by atoms with Gasteiger partial charge in [-0.05, 0) is 48.2 Å². The maximum absolute atomic E-state index is 13.7. The van der Waals surface area contributed by atoms with Crippen LogP contribution in [0.4, 0.5) is 5.82 Å². The molecule has 0 amide bonds. The molecule has 5 unspecified atom stereocenters. The molecule has 0 bridgehead atoms. The van der Waals surface area contributed by atoms with Crippen molar-refractivity contribution in [1.82, 2.24) is 4.98 Å². The number of aliphatic hydroxyl groups is 5. The van der Waals surface area contributed by atoms with Crippen molar-refractivity contribution in [2.45, 2.75) is 43.2 Å². The van der Waals surface area contributed by atoms with Gasteiger partial charge in [-0.1, -0.05) is 6.07 Å². The minimum atomic E-state index is -2.70. The molecule has 1 fully saturated rings. The number of nitrogens with two attached hydrogens (primary N) is 1. The van der Waals surface area contributed by atoms with Crippen molar-refractivity contribution in [2.75, 3.05) is 19.5 Å². The lowest BCUT2D eigenvalue weighted by Gasteiger charge is -2.44. The minimum Gasteiger partial charge on any atom is -0.507 e. The number of carbonyl (C=O) groups excluding carboxylic acids is 2. The normalized spacial score (nSPS) is 25.4. The molecule has 2 aromatic carbocycles. The molecule has 1 aliphatic heterocycles. The highest BCUT2D eigenvalue weighted by Gasteiger charge is 2.54. The fraction of sp³-hybridized carbons (Fsp3) is 0.321. The van der Waals surface area contributed by atoms with Crippen LogP contribution in [0.2, 0.25) is 0 Å². The Kier molecular flexibility index (Phi) is 7.42. The molecule has 5 atom stereocenters. The van der Waals surface area contributed by atoms with E-state index in [4.69, 9.17) is 19.9 Å². The van der Waals surface area contributed by atoms with Crippen molar-refractivity contribution in [3.8, 4) is 17.2 Å². The SMILES string of the molecule is COc1cc(OC2OC(O)(CO)C(O)C(O)C2O)c2c(c1)C(=O)c1cc(CCc3ccc(N)nc3)cc(O)c1C2=O. The lowest BCUT2D eigenvalue weighted by Crippen LogP contribution is -2.67. The van der Waals surface area contributed by atoms with Gasteiger partial charge in [0.15, 0.2) is 5.78 Å². The fourth-order valence-corrected chi connectivity index (χ4v) is 4.91. The molecule has 0 saturated carbocycles. The summed E-state index contributed by atoms with van der Waals surface area (Å²) in [5, 5.41) is 61.4. The molecule has 1 saturated heterocycles. The number of hydrogen-bond acceptors (Lipinski definition) is 13. The van der Waals surface area contributed by atoms with Gasteiger partial charge in [-0.3, -0.25) is 9.59 Å². The number of ketones is 2. The molecule has 1 aliphatic carbocycles. The number of phenols is 1. The summed E-state index contributed by atoms with van der Waals surface area (Å²) in [7, 11) is 1.31. The Bertz CT molecular complexity index is 1510. The Morgan fingerprint density at radius 1 is 0.976 bits per heavy atom. The molecular formula is C28H28N2O11. The Morgan fingerprint density at radius 2 is 1.68 bits per heavy atom. The van der Waals surface area contributed by atoms with E-state index in [0.717, 1.165) is 5.56 Å². The number of carbonyl (C=O) groups is 2. The second-order valence-corrected chi connectivity index (χ2v) is 9.87. The first-order chi connectivity index (χ1) is 19.5. The summed E-state index contributed by atoms with van der Waals surface area (Å²) in [5.74, 6) is -4.39. The molecule has 216 valence electrons.